The summed E-state index contributed by atoms with van der Waals surface area (Å²) < 4.78 is 0. The number of carbonyl (C=O) groups is 2. The number of hydrogen-bond donors (Lipinski definition) is 2. The van der Waals surface area contributed by atoms with Gasteiger partial charge in [-0.05, 0) is 13.8 Å². The second-order valence-corrected chi connectivity index (χ2v) is 4.92. The van der Waals surface area contributed by atoms with Crippen molar-refractivity contribution in [3.05, 3.63) is 0 Å². The molecule has 0 fully saturated rings. The molecule has 0 heterocycles. The van der Waals surface area contributed by atoms with Crippen LogP contribution in [0.25, 0.3) is 0 Å². The number of nitrogens with zero attached hydrogens (tertiary/aromatic N) is 1. The van der Waals surface area contributed by atoms with Crippen LogP contribution < -0.4 is 10.2 Å². The average Bonchev–Trinajstić information content (AvgIpc) is 2.15. The molecule has 16 heavy (non-hydrogen) atoms. The van der Waals surface area contributed by atoms with E-state index in [2.05, 4.69) is 19.4 Å². The van der Waals surface area contributed by atoms with E-state index in [0.717, 1.165) is 13.0 Å². The van der Waals surface area contributed by atoms with Crippen LogP contribution in [-0.4, -0.2) is 57.0 Å². The standard InChI is InChI=1S/C11H23N3O2/c1-11(2,12-9-15)10(16)14(5)8-6-7-13(3)4/h9H,6-8H2,1-5H3,(H,12,15)/p+1. The Morgan fingerprint density at radius 2 is 2.00 bits per heavy atom. The highest BCUT2D eigenvalue weighted by Gasteiger charge is 2.29. The lowest BCUT2D eigenvalue weighted by Gasteiger charge is -2.28. The van der Waals surface area contributed by atoms with Crippen LogP contribution in [0.1, 0.15) is 20.3 Å². The van der Waals surface area contributed by atoms with Gasteiger partial charge in [0.05, 0.1) is 20.6 Å². The summed E-state index contributed by atoms with van der Waals surface area (Å²) in [4.78, 5) is 25.3. The molecule has 94 valence electrons. The summed E-state index contributed by atoms with van der Waals surface area (Å²) >= 11 is 0. The first-order chi connectivity index (χ1) is 7.31. The highest BCUT2D eigenvalue weighted by atomic mass is 16.2. The summed E-state index contributed by atoms with van der Waals surface area (Å²) in [5.41, 5.74) is -0.818. The number of hydrogen-bond acceptors (Lipinski definition) is 2. The van der Waals surface area contributed by atoms with Crippen LogP contribution >= 0.6 is 0 Å². The fourth-order valence-corrected chi connectivity index (χ4v) is 1.46. The van der Waals surface area contributed by atoms with Crippen LogP contribution in [0.2, 0.25) is 0 Å². The highest BCUT2D eigenvalue weighted by molar-refractivity contribution is 5.87. The smallest absolute Gasteiger partial charge is 0.247 e. The Morgan fingerprint density at radius 1 is 1.44 bits per heavy atom. The second-order valence-electron chi connectivity index (χ2n) is 4.92. The van der Waals surface area contributed by atoms with E-state index in [4.69, 9.17) is 0 Å². The summed E-state index contributed by atoms with van der Waals surface area (Å²) in [6.07, 6.45) is 1.53. The van der Waals surface area contributed by atoms with E-state index in [1.807, 2.05) is 0 Å². The van der Waals surface area contributed by atoms with Crippen LogP contribution in [-0.2, 0) is 9.59 Å². The molecule has 2 amide bonds. The number of carbonyl (C=O) groups excluding carboxylic acids is 2. The number of nitrogens with one attached hydrogen (secondary N) is 2. The third-order valence-corrected chi connectivity index (χ3v) is 2.47. The van der Waals surface area contributed by atoms with E-state index in [9.17, 15) is 9.59 Å². The predicted octanol–water partition coefficient (Wildman–Crippen LogP) is -1.50. The normalized spacial score (nSPS) is 11.4. The van der Waals surface area contributed by atoms with Gasteiger partial charge in [-0.3, -0.25) is 9.59 Å². The molecule has 0 aliphatic rings. The van der Waals surface area contributed by atoms with Gasteiger partial charge in [0.1, 0.15) is 5.54 Å². The van der Waals surface area contributed by atoms with E-state index in [-0.39, 0.29) is 5.91 Å². The van der Waals surface area contributed by atoms with Crippen molar-refractivity contribution in [2.24, 2.45) is 0 Å². The molecular formula is C11H24N3O2+. The molecule has 0 aliphatic carbocycles. The molecule has 0 aromatic heterocycles. The molecule has 0 atom stereocenters. The summed E-state index contributed by atoms with van der Waals surface area (Å²) in [6.45, 7) is 5.15. The zero-order chi connectivity index (χ0) is 12.8. The van der Waals surface area contributed by atoms with E-state index in [0.29, 0.717) is 13.0 Å². The van der Waals surface area contributed by atoms with E-state index < -0.39 is 5.54 Å². The van der Waals surface area contributed by atoms with E-state index in [1.54, 1.807) is 25.8 Å². The quantitative estimate of drug-likeness (QED) is 0.523. The molecule has 0 rings (SSSR count). The summed E-state index contributed by atoms with van der Waals surface area (Å²) in [5, 5.41) is 2.52. The first-order valence-corrected chi connectivity index (χ1v) is 5.57. The van der Waals surface area contributed by atoms with Crippen molar-refractivity contribution in [3.8, 4) is 0 Å². The Morgan fingerprint density at radius 3 is 2.44 bits per heavy atom. The SMILES string of the molecule is CN(CCC[NH+](C)C)C(=O)C(C)(C)NC=O. The average molecular weight is 230 g/mol. The topological polar surface area (TPSA) is 53.9 Å². The lowest BCUT2D eigenvalue weighted by Crippen LogP contribution is -3.05. The van der Waals surface area contributed by atoms with Gasteiger partial charge in [-0.2, -0.15) is 0 Å². The monoisotopic (exact) mass is 230 g/mol. The Balaban J connectivity index is 4.12. The summed E-state index contributed by atoms with van der Waals surface area (Å²) in [5.74, 6) is -0.0617. The molecular weight excluding hydrogens is 206 g/mol. The molecule has 0 bridgehead atoms. The van der Waals surface area contributed by atoms with Crippen LogP contribution in [0.3, 0.4) is 0 Å². The van der Waals surface area contributed by atoms with Crippen LogP contribution in [0.5, 0.6) is 0 Å². The van der Waals surface area contributed by atoms with Gasteiger partial charge in [-0.25, -0.2) is 0 Å². The minimum absolute atomic E-state index is 0.0617. The molecule has 0 spiro atoms. The van der Waals surface area contributed by atoms with Crippen molar-refractivity contribution in [2.45, 2.75) is 25.8 Å². The number of quaternary nitrogens is 1. The minimum Gasteiger partial charge on any atom is -0.345 e. The molecule has 0 aromatic carbocycles. The lowest BCUT2D eigenvalue weighted by atomic mass is 10.0. The van der Waals surface area contributed by atoms with Gasteiger partial charge in [0.25, 0.3) is 0 Å². The van der Waals surface area contributed by atoms with Crippen molar-refractivity contribution in [1.29, 1.82) is 0 Å². The fraction of sp³-hybridized carbons (Fsp3) is 0.818. The zero-order valence-electron chi connectivity index (χ0n) is 11.0. The van der Waals surface area contributed by atoms with Crippen LogP contribution in [0, 0.1) is 0 Å². The van der Waals surface area contributed by atoms with Crippen molar-refractivity contribution in [2.75, 3.05) is 34.2 Å². The summed E-state index contributed by atoms with van der Waals surface area (Å²) in [6, 6.07) is 0. The van der Waals surface area contributed by atoms with Crippen molar-refractivity contribution in [1.82, 2.24) is 10.2 Å². The van der Waals surface area contributed by atoms with Gasteiger partial charge in [-0.1, -0.05) is 0 Å². The van der Waals surface area contributed by atoms with Crippen molar-refractivity contribution < 1.29 is 14.5 Å². The Hall–Kier alpha value is -1.10. The Bertz CT molecular complexity index is 239. The van der Waals surface area contributed by atoms with E-state index >= 15 is 0 Å². The van der Waals surface area contributed by atoms with Gasteiger partial charge in [0, 0.05) is 20.0 Å². The lowest BCUT2D eigenvalue weighted by molar-refractivity contribution is -0.858. The van der Waals surface area contributed by atoms with Gasteiger partial charge >= 0.3 is 0 Å². The van der Waals surface area contributed by atoms with Crippen molar-refractivity contribution >= 4 is 12.3 Å². The molecule has 5 nitrogen and oxygen atoms in total. The zero-order valence-corrected chi connectivity index (χ0v) is 11.0. The molecule has 0 aromatic rings. The fourth-order valence-electron chi connectivity index (χ4n) is 1.46. The third kappa shape index (κ3) is 5.11. The molecule has 0 aliphatic heterocycles. The predicted molar refractivity (Wildman–Crippen MR) is 63.2 cm³/mol. The van der Waals surface area contributed by atoms with Gasteiger partial charge in [0.2, 0.25) is 12.3 Å². The first kappa shape index (κ1) is 14.9. The molecule has 2 N–H and O–H groups in total. The number of likely N-dealkylation sites (N-methyl/N-ethyl adjacent to an activating group) is 1. The van der Waals surface area contributed by atoms with Crippen LogP contribution in [0.4, 0.5) is 0 Å². The molecule has 0 radical (unpaired) electrons. The summed E-state index contributed by atoms with van der Waals surface area (Å²) in [7, 11) is 5.93. The first-order valence-electron chi connectivity index (χ1n) is 5.57. The maximum absolute atomic E-state index is 11.9. The van der Waals surface area contributed by atoms with Crippen LogP contribution in [0.15, 0.2) is 0 Å². The Kier molecular flexibility index (Phi) is 6.03. The maximum atomic E-state index is 11.9. The van der Waals surface area contributed by atoms with Gasteiger partial charge in [-0.15, -0.1) is 0 Å². The van der Waals surface area contributed by atoms with E-state index in [1.165, 1.54) is 4.90 Å². The highest BCUT2D eigenvalue weighted by Crippen LogP contribution is 2.05. The number of rotatable bonds is 7. The van der Waals surface area contributed by atoms with Gasteiger partial charge in [0.15, 0.2) is 0 Å². The largest absolute Gasteiger partial charge is 0.345 e. The van der Waals surface area contributed by atoms with Gasteiger partial charge < -0.3 is 15.1 Å². The van der Waals surface area contributed by atoms with Crippen molar-refractivity contribution in [3.63, 3.8) is 0 Å². The number of amides is 2. The minimum atomic E-state index is -0.818. The third-order valence-electron chi connectivity index (χ3n) is 2.47. The molecule has 0 saturated carbocycles. The molecule has 5 heteroatoms. The maximum Gasteiger partial charge on any atom is 0.247 e. The molecule has 0 unspecified atom stereocenters. The Labute approximate surface area is 97.8 Å². The second kappa shape index (κ2) is 6.48. The molecule has 0 saturated heterocycles.